The van der Waals surface area contributed by atoms with E-state index in [-0.39, 0.29) is 5.41 Å². The Labute approximate surface area is 124 Å². The molecule has 0 heterocycles. The van der Waals surface area contributed by atoms with E-state index in [1.807, 2.05) is 6.07 Å². The first-order valence-corrected chi connectivity index (χ1v) is 8.03. The van der Waals surface area contributed by atoms with Crippen LogP contribution >= 0.6 is 11.6 Å². The van der Waals surface area contributed by atoms with Crippen molar-refractivity contribution in [3.05, 3.63) is 28.8 Å². The Morgan fingerprint density at radius 1 is 1.10 bits per heavy atom. The van der Waals surface area contributed by atoms with Crippen molar-refractivity contribution < 1.29 is 4.79 Å². The minimum atomic E-state index is -0.0891. The summed E-state index contributed by atoms with van der Waals surface area (Å²) in [6, 6.07) is 5.37. The number of carbonyl (C=O) groups is 1. The molecule has 3 heteroatoms. The highest BCUT2D eigenvalue weighted by molar-refractivity contribution is 6.33. The molecule has 4 aliphatic carbocycles. The van der Waals surface area contributed by atoms with Crippen LogP contribution in [0, 0.1) is 23.2 Å². The molecule has 0 unspecified atom stereocenters. The number of benzene rings is 1. The van der Waals surface area contributed by atoms with Crippen molar-refractivity contribution >= 4 is 23.1 Å². The van der Waals surface area contributed by atoms with Crippen LogP contribution < -0.4 is 5.73 Å². The Kier molecular flexibility index (Phi) is 2.69. The van der Waals surface area contributed by atoms with Gasteiger partial charge in [-0.15, -0.1) is 0 Å². The van der Waals surface area contributed by atoms with E-state index in [0.717, 1.165) is 42.6 Å². The lowest BCUT2D eigenvalue weighted by molar-refractivity contribution is -0.0353. The molecule has 2 N–H and O–H groups in total. The molecule has 0 atom stereocenters. The molecule has 0 amide bonds. The number of rotatable bonds is 2. The van der Waals surface area contributed by atoms with Crippen LogP contribution in [-0.4, -0.2) is 5.78 Å². The quantitative estimate of drug-likeness (QED) is 0.651. The number of Topliss-reactive ketones (excluding diaryl/α,β-unsaturated/α-hetero) is 1. The molecule has 0 aromatic heterocycles. The first-order valence-electron chi connectivity index (χ1n) is 7.65. The number of carbonyl (C=O) groups excluding carboxylic acids is 1. The van der Waals surface area contributed by atoms with Crippen LogP contribution in [0.15, 0.2) is 18.2 Å². The molecule has 106 valence electrons. The fraction of sp³-hybridized carbons (Fsp3) is 0.588. The second-order valence-electron chi connectivity index (χ2n) is 7.26. The van der Waals surface area contributed by atoms with Gasteiger partial charge in [-0.05, 0) is 74.5 Å². The van der Waals surface area contributed by atoms with Gasteiger partial charge in [0.2, 0.25) is 0 Å². The standard InChI is InChI=1S/C17H20ClNO/c18-14-6-13(1-2-15(14)19)16(20)17-7-10-3-11(8-17)5-12(4-10)9-17/h1-2,6,10-12H,3-5,7-9,19H2. The van der Waals surface area contributed by atoms with Crippen LogP contribution in [0.3, 0.4) is 0 Å². The molecule has 4 fully saturated rings. The summed E-state index contributed by atoms with van der Waals surface area (Å²) in [6.07, 6.45) is 7.36. The number of ketones is 1. The van der Waals surface area contributed by atoms with Gasteiger partial charge in [0.15, 0.2) is 5.78 Å². The molecule has 20 heavy (non-hydrogen) atoms. The molecule has 1 aromatic rings. The van der Waals surface area contributed by atoms with Gasteiger partial charge in [0.25, 0.3) is 0 Å². The van der Waals surface area contributed by atoms with Crippen molar-refractivity contribution in [2.45, 2.75) is 38.5 Å². The number of nitrogens with two attached hydrogens (primary N) is 1. The fourth-order valence-corrected chi connectivity index (χ4v) is 5.54. The van der Waals surface area contributed by atoms with Crippen molar-refractivity contribution in [2.75, 3.05) is 5.73 Å². The number of hydrogen-bond acceptors (Lipinski definition) is 2. The average molecular weight is 290 g/mol. The molecule has 0 radical (unpaired) electrons. The lowest BCUT2D eigenvalue weighted by Crippen LogP contribution is -2.50. The van der Waals surface area contributed by atoms with Crippen molar-refractivity contribution in [1.29, 1.82) is 0 Å². The zero-order valence-corrected chi connectivity index (χ0v) is 12.3. The molecule has 1 aromatic carbocycles. The van der Waals surface area contributed by atoms with Gasteiger partial charge in [-0.3, -0.25) is 4.79 Å². The topological polar surface area (TPSA) is 43.1 Å². The van der Waals surface area contributed by atoms with Gasteiger partial charge < -0.3 is 5.73 Å². The number of halogens is 1. The van der Waals surface area contributed by atoms with E-state index in [1.165, 1.54) is 19.3 Å². The smallest absolute Gasteiger partial charge is 0.169 e. The summed E-state index contributed by atoms with van der Waals surface area (Å²) in [4.78, 5) is 13.1. The zero-order chi connectivity index (χ0) is 13.9. The molecule has 0 spiro atoms. The highest BCUT2D eigenvalue weighted by Gasteiger charge is 2.54. The van der Waals surface area contributed by atoms with E-state index in [9.17, 15) is 4.79 Å². The maximum atomic E-state index is 13.1. The van der Waals surface area contributed by atoms with Crippen LogP contribution in [-0.2, 0) is 0 Å². The molecule has 2 nitrogen and oxygen atoms in total. The zero-order valence-electron chi connectivity index (χ0n) is 11.6. The Hall–Kier alpha value is -1.02. The van der Waals surface area contributed by atoms with E-state index in [0.29, 0.717) is 16.5 Å². The van der Waals surface area contributed by atoms with Crippen LogP contribution in [0.2, 0.25) is 5.02 Å². The normalized spacial score (nSPS) is 38.1. The number of anilines is 1. The molecule has 4 bridgehead atoms. The Balaban J connectivity index is 1.69. The maximum Gasteiger partial charge on any atom is 0.169 e. The second kappa shape index (κ2) is 4.24. The van der Waals surface area contributed by atoms with Gasteiger partial charge in [-0.1, -0.05) is 11.6 Å². The van der Waals surface area contributed by atoms with Gasteiger partial charge >= 0.3 is 0 Å². The Morgan fingerprint density at radius 3 is 2.15 bits per heavy atom. The van der Waals surface area contributed by atoms with Crippen LogP contribution in [0.25, 0.3) is 0 Å². The first kappa shape index (κ1) is 12.7. The van der Waals surface area contributed by atoms with Crippen LogP contribution in [0.1, 0.15) is 48.9 Å². The lowest BCUT2D eigenvalue weighted by Gasteiger charge is -2.56. The lowest BCUT2D eigenvalue weighted by atomic mass is 9.48. The van der Waals surface area contributed by atoms with Gasteiger partial charge in [0.05, 0.1) is 10.7 Å². The second-order valence-corrected chi connectivity index (χ2v) is 7.67. The van der Waals surface area contributed by atoms with E-state index in [4.69, 9.17) is 17.3 Å². The highest BCUT2D eigenvalue weighted by atomic mass is 35.5. The predicted molar refractivity (Wildman–Crippen MR) is 80.8 cm³/mol. The van der Waals surface area contributed by atoms with Gasteiger partial charge in [0, 0.05) is 11.0 Å². The SMILES string of the molecule is Nc1ccc(C(=O)C23CC4CC(CC(C4)C2)C3)cc1Cl. The maximum absolute atomic E-state index is 13.1. The molecular weight excluding hydrogens is 270 g/mol. The first-order chi connectivity index (χ1) is 9.56. The molecular formula is C17H20ClNO. The summed E-state index contributed by atoms with van der Waals surface area (Å²) in [5.74, 6) is 2.68. The number of hydrogen-bond donors (Lipinski definition) is 1. The van der Waals surface area contributed by atoms with Gasteiger partial charge in [-0.2, -0.15) is 0 Å². The van der Waals surface area contributed by atoms with E-state index >= 15 is 0 Å². The third-order valence-electron chi connectivity index (χ3n) is 5.78. The molecule has 4 saturated carbocycles. The monoisotopic (exact) mass is 289 g/mol. The average Bonchev–Trinajstić information content (AvgIpc) is 2.39. The summed E-state index contributed by atoms with van der Waals surface area (Å²) in [6.45, 7) is 0. The van der Waals surface area contributed by atoms with Crippen LogP contribution in [0.5, 0.6) is 0 Å². The molecule has 0 aliphatic heterocycles. The largest absolute Gasteiger partial charge is 0.398 e. The Bertz CT molecular complexity index is 545. The van der Waals surface area contributed by atoms with Crippen LogP contribution in [0.4, 0.5) is 5.69 Å². The highest BCUT2D eigenvalue weighted by Crippen LogP contribution is 2.61. The minimum absolute atomic E-state index is 0.0891. The molecule has 0 saturated heterocycles. The van der Waals surface area contributed by atoms with Crippen molar-refractivity contribution in [2.24, 2.45) is 23.2 Å². The number of nitrogen functional groups attached to an aromatic ring is 1. The molecule has 5 rings (SSSR count). The van der Waals surface area contributed by atoms with Gasteiger partial charge in [-0.25, -0.2) is 0 Å². The summed E-state index contributed by atoms with van der Waals surface area (Å²) in [5, 5.41) is 0.501. The third-order valence-corrected chi connectivity index (χ3v) is 6.11. The van der Waals surface area contributed by atoms with Crippen molar-refractivity contribution in [3.8, 4) is 0 Å². The predicted octanol–water partition coefficient (Wildman–Crippen LogP) is 4.32. The fourth-order valence-electron chi connectivity index (χ4n) is 5.36. The van der Waals surface area contributed by atoms with E-state index in [2.05, 4.69) is 0 Å². The summed E-state index contributed by atoms with van der Waals surface area (Å²) in [7, 11) is 0. The van der Waals surface area contributed by atoms with Crippen molar-refractivity contribution in [1.82, 2.24) is 0 Å². The summed E-state index contributed by atoms with van der Waals surface area (Å²) >= 11 is 6.09. The van der Waals surface area contributed by atoms with Crippen molar-refractivity contribution in [3.63, 3.8) is 0 Å². The Morgan fingerprint density at radius 2 is 1.65 bits per heavy atom. The summed E-state index contributed by atoms with van der Waals surface area (Å²) in [5.41, 5.74) is 6.97. The minimum Gasteiger partial charge on any atom is -0.398 e. The summed E-state index contributed by atoms with van der Waals surface area (Å²) < 4.78 is 0. The third kappa shape index (κ3) is 1.81. The van der Waals surface area contributed by atoms with E-state index in [1.54, 1.807) is 12.1 Å². The van der Waals surface area contributed by atoms with Gasteiger partial charge in [0.1, 0.15) is 0 Å². The molecule has 4 aliphatic rings. The van der Waals surface area contributed by atoms with E-state index < -0.39 is 0 Å².